The van der Waals surface area contributed by atoms with Crippen molar-refractivity contribution in [1.82, 2.24) is 15.1 Å². The maximum atomic E-state index is 13.3. The fourth-order valence-electron chi connectivity index (χ4n) is 3.85. The molecule has 1 heterocycles. The molecule has 4 rings (SSSR count). The SMILES string of the molecule is Cc1ccc([C@@H](C)CN[C@@H](C(=O)Nc2ccc(-c3cnn(C)c3)cc2)c2ccccc2)cc1. The Kier molecular flexibility index (Phi) is 7.01. The number of anilines is 1. The molecule has 0 unspecified atom stereocenters. The molecule has 0 radical (unpaired) electrons. The van der Waals surface area contributed by atoms with Gasteiger partial charge in [-0.25, -0.2) is 0 Å². The summed E-state index contributed by atoms with van der Waals surface area (Å²) in [5.41, 5.74) is 6.32. The molecule has 168 valence electrons. The van der Waals surface area contributed by atoms with Crippen molar-refractivity contribution in [3.05, 3.63) is 108 Å². The van der Waals surface area contributed by atoms with Crippen LogP contribution in [0.5, 0.6) is 0 Å². The third-order valence-corrected chi connectivity index (χ3v) is 5.86. The minimum Gasteiger partial charge on any atom is -0.324 e. The van der Waals surface area contributed by atoms with Crippen molar-refractivity contribution in [3.63, 3.8) is 0 Å². The second-order valence-corrected chi connectivity index (χ2v) is 8.53. The smallest absolute Gasteiger partial charge is 0.246 e. The minimum atomic E-state index is -0.447. The van der Waals surface area contributed by atoms with Gasteiger partial charge in [-0.15, -0.1) is 0 Å². The van der Waals surface area contributed by atoms with Gasteiger partial charge in [0.1, 0.15) is 6.04 Å². The van der Waals surface area contributed by atoms with E-state index in [1.165, 1.54) is 11.1 Å². The van der Waals surface area contributed by atoms with Gasteiger partial charge < -0.3 is 10.6 Å². The number of aryl methyl sites for hydroxylation is 2. The van der Waals surface area contributed by atoms with E-state index < -0.39 is 6.04 Å². The van der Waals surface area contributed by atoms with Crippen LogP contribution in [0.25, 0.3) is 11.1 Å². The van der Waals surface area contributed by atoms with Crippen LogP contribution in [0.2, 0.25) is 0 Å². The Balaban J connectivity index is 1.46. The number of rotatable bonds is 8. The zero-order chi connectivity index (χ0) is 23.2. The van der Waals surface area contributed by atoms with Crippen molar-refractivity contribution in [2.24, 2.45) is 7.05 Å². The quantitative estimate of drug-likeness (QED) is 0.384. The Bertz CT molecular complexity index is 1180. The maximum absolute atomic E-state index is 13.3. The number of benzene rings is 3. The monoisotopic (exact) mass is 438 g/mol. The molecule has 0 spiro atoms. The van der Waals surface area contributed by atoms with Crippen LogP contribution in [0, 0.1) is 6.92 Å². The van der Waals surface area contributed by atoms with E-state index >= 15 is 0 Å². The highest BCUT2D eigenvalue weighted by atomic mass is 16.2. The summed E-state index contributed by atoms with van der Waals surface area (Å²) in [6, 6.07) is 25.8. The minimum absolute atomic E-state index is 0.0774. The second kappa shape index (κ2) is 10.3. The zero-order valence-corrected chi connectivity index (χ0v) is 19.3. The molecule has 3 aromatic carbocycles. The summed E-state index contributed by atoms with van der Waals surface area (Å²) >= 11 is 0. The average Bonchev–Trinajstić information content (AvgIpc) is 3.27. The summed E-state index contributed by atoms with van der Waals surface area (Å²) in [5.74, 6) is 0.204. The van der Waals surface area contributed by atoms with Crippen molar-refractivity contribution in [2.45, 2.75) is 25.8 Å². The highest BCUT2D eigenvalue weighted by molar-refractivity contribution is 5.95. The molecule has 33 heavy (non-hydrogen) atoms. The molecule has 0 aliphatic rings. The first-order valence-corrected chi connectivity index (χ1v) is 11.2. The number of nitrogens with zero attached hydrogens (tertiary/aromatic N) is 2. The molecule has 1 amide bonds. The largest absolute Gasteiger partial charge is 0.324 e. The molecule has 0 bridgehead atoms. The van der Waals surface area contributed by atoms with Crippen LogP contribution >= 0.6 is 0 Å². The number of nitrogens with one attached hydrogen (secondary N) is 2. The molecule has 5 nitrogen and oxygen atoms in total. The number of carbonyl (C=O) groups excluding carboxylic acids is 1. The maximum Gasteiger partial charge on any atom is 0.246 e. The van der Waals surface area contributed by atoms with Crippen LogP contribution in [0.3, 0.4) is 0 Å². The van der Waals surface area contributed by atoms with Gasteiger partial charge in [0.05, 0.1) is 6.20 Å². The van der Waals surface area contributed by atoms with Crippen LogP contribution < -0.4 is 10.6 Å². The second-order valence-electron chi connectivity index (χ2n) is 8.53. The zero-order valence-electron chi connectivity index (χ0n) is 19.3. The Labute approximate surface area is 195 Å². The Hall–Kier alpha value is -3.70. The van der Waals surface area contributed by atoms with Crippen LogP contribution in [0.4, 0.5) is 5.69 Å². The number of hydrogen-bond acceptors (Lipinski definition) is 3. The Morgan fingerprint density at radius 1 is 0.909 bits per heavy atom. The molecular formula is C28H30N4O. The van der Waals surface area contributed by atoms with E-state index in [0.29, 0.717) is 6.54 Å². The third-order valence-electron chi connectivity index (χ3n) is 5.86. The van der Waals surface area contributed by atoms with Crippen molar-refractivity contribution in [1.29, 1.82) is 0 Å². The van der Waals surface area contributed by atoms with Gasteiger partial charge in [-0.1, -0.05) is 79.2 Å². The predicted molar refractivity (Wildman–Crippen MR) is 134 cm³/mol. The summed E-state index contributed by atoms with van der Waals surface area (Å²) in [6.07, 6.45) is 3.80. The summed E-state index contributed by atoms with van der Waals surface area (Å²) in [6.45, 7) is 4.95. The van der Waals surface area contributed by atoms with Crippen LogP contribution in [-0.4, -0.2) is 22.2 Å². The van der Waals surface area contributed by atoms with Crippen molar-refractivity contribution in [3.8, 4) is 11.1 Å². The molecule has 0 saturated carbocycles. The normalized spacial score (nSPS) is 12.8. The van der Waals surface area contributed by atoms with E-state index in [4.69, 9.17) is 0 Å². The lowest BCUT2D eigenvalue weighted by Gasteiger charge is -2.22. The highest BCUT2D eigenvalue weighted by Crippen LogP contribution is 2.23. The molecule has 1 aromatic heterocycles. The van der Waals surface area contributed by atoms with Gasteiger partial charge in [0, 0.05) is 31.0 Å². The standard InChI is InChI=1S/C28H30N4O/c1-20-9-11-22(12-10-20)21(2)17-29-27(24-7-5-4-6-8-24)28(33)31-26-15-13-23(14-16-26)25-18-30-32(3)19-25/h4-16,18-19,21,27,29H,17H2,1-3H3,(H,31,33)/t21-,27+/m0/s1. The van der Waals surface area contributed by atoms with Gasteiger partial charge in [-0.05, 0) is 41.7 Å². The summed E-state index contributed by atoms with van der Waals surface area (Å²) in [4.78, 5) is 13.3. The molecule has 0 aliphatic carbocycles. The molecule has 0 fully saturated rings. The summed E-state index contributed by atoms with van der Waals surface area (Å²) in [7, 11) is 1.90. The number of hydrogen-bond donors (Lipinski definition) is 2. The van der Waals surface area contributed by atoms with Gasteiger partial charge in [-0.3, -0.25) is 9.48 Å². The van der Waals surface area contributed by atoms with E-state index in [2.05, 4.69) is 53.8 Å². The van der Waals surface area contributed by atoms with Crippen molar-refractivity contribution >= 4 is 11.6 Å². The van der Waals surface area contributed by atoms with Gasteiger partial charge in [0.25, 0.3) is 0 Å². The summed E-state index contributed by atoms with van der Waals surface area (Å²) in [5, 5.41) is 10.8. The van der Waals surface area contributed by atoms with E-state index in [1.807, 2.05) is 74.0 Å². The molecule has 2 N–H and O–H groups in total. The molecule has 0 saturated heterocycles. The topological polar surface area (TPSA) is 59.0 Å². The van der Waals surface area contributed by atoms with Crippen molar-refractivity contribution < 1.29 is 4.79 Å². The fraction of sp³-hybridized carbons (Fsp3) is 0.214. The molecule has 2 atom stereocenters. The average molecular weight is 439 g/mol. The lowest BCUT2D eigenvalue weighted by molar-refractivity contribution is -0.118. The van der Waals surface area contributed by atoms with Crippen LogP contribution in [0.1, 0.15) is 35.6 Å². The molecule has 0 aliphatic heterocycles. The van der Waals surface area contributed by atoms with E-state index in [-0.39, 0.29) is 11.8 Å². The van der Waals surface area contributed by atoms with Crippen LogP contribution in [-0.2, 0) is 11.8 Å². The number of carbonyl (C=O) groups is 1. The first kappa shape index (κ1) is 22.5. The van der Waals surface area contributed by atoms with Gasteiger partial charge in [0.2, 0.25) is 5.91 Å². The predicted octanol–water partition coefficient (Wildman–Crippen LogP) is 5.47. The Morgan fingerprint density at radius 3 is 2.24 bits per heavy atom. The van der Waals surface area contributed by atoms with Gasteiger partial charge >= 0.3 is 0 Å². The number of aromatic nitrogens is 2. The highest BCUT2D eigenvalue weighted by Gasteiger charge is 2.21. The first-order chi connectivity index (χ1) is 16.0. The van der Waals surface area contributed by atoms with Gasteiger partial charge in [-0.2, -0.15) is 5.10 Å². The first-order valence-electron chi connectivity index (χ1n) is 11.2. The summed E-state index contributed by atoms with van der Waals surface area (Å²) < 4.78 is 1.78. The number of amides is 1. The van der Waals surface area contributed by atoms with Crippen LogP contribution in [0.15, 0.2) is 91.3 Å². The lowest BCUT2D eigenvalue weighted by Crippen LogP contribution is -2.35. The Morgan fingerprint density at radius 2 is 1.61 bits per heavy atom. The van der Waals surface area contributed by atoms with E-state index in [0.717, 1.165) is 22.4 Å². The third kappa shape index (κ3) is 5.76. The lowest BCUT2D eigenvalue weighted by atomic mass is 9.98. The molecular weight excluding hydrogens is 408 g/mol. The van der Waals surface area contributed by atoms with Gasteiger partial charge in [0.15, 0.2) is 0 Å². The molecule has 5 heteroatoms. The molecule has 4 aromatic rings. The van der Waals surface area contributed by atoms with E-state index in [9.17, 15) is 4.79 Å². The fourth-order valence-corrected chi connectivity index (χ4v) is 3.85. The van der Waals surface area contributed by atoms with Crippen molar-refractivity contribution in [2.75, 3.05) is 11.9 Å². The van der Waals surface area contributed by atoms with E-state index in [1.54, 1.807) is 4.68 Å².